The zero-order chi connectivity index (χ0) is 26.3. The van der Waals surface area contributed by atoms with Gasteiger partial charge in [-0.25, -0.2) is 8.42 Å². The number of nitrogens with one attached hydrogen (secondary N) is 2. The van der Waals surface area contributed by atoms with Gasteiger partial charge < -0.3 is 15.2 Å². The van der Waals surface area contributed by atoms with E-state index in [1.165, 1.54) is 31.4 Å². The topological polar surface area (TPSA) is 122 Å². The van der Waals surface area contributed by atoms with Gasteiger partial charge in [-0.05, 0) is 66.4 Å². The first kappa shape index (κ1) is 27.5. The van der Waals surface area contributed by atoms with Gasteiger partial charge in [-0.2, -0.15) is 4.72 Å². The maximum absolute atomic E-state index is 12.8. The molecule has 0 fully saturated rings. The zero-order valence-electron chi connectivity index (χ0n) is 19.2. The molecule has 36 heavy (non-hydrogen) atoms. The number of rotatable bonds is 11. The largest absolute Gasteiger partial charge is 0.497 e. The van der Waals surface area contributed by atoms with E-state index in [1.54, 1.807) is 30.3 Å². The summed E-state index contributed by atoms with van der Waals surface area (Å²) >= 11 is 11.9. The highest BCUT2D eigenvalue weighted by atomic mass is 35.5. The van der Waals surface area contributed by atoms with E-state index in [0.717, 1.165) is 11.1 Å². The van der Waals surface area contributed by atoms with Crippen LogP contribution in [0.3, 0.4) is 0 Å². The lowest BCUT2D eigenvalue weighted by atomic mass is 10.1. The minimum atomic E-state index is -4.09. The average Bonchev–Trinajstić information content (AvgIpc) is 2.85. The van der Waals surface area contributed by atoms with E-state index in [0.29, 0.717) is 15.8 Å². The summed E-state index contributed by atoms with van der Waals surface area (Å²) in [5.74, 6) is -1.31. The number of hydrogen-bond donors (Lipinski definition) is 3. The SMILES string of the molecule is COc1cc(Cl)cc(C(=O)NCCC[C@H](NS(=O)(=O)c2ccc(-c3ccc(Cl)cc3)cc2)C(=O)O)c1. The molecule has 190 valence electrons. The molecule has 1 amide bonds. The van der Waals surface area contributed by atoms with Gasteiger partial charge in [-0.3, -0.25) is 9.59 Å². The van der Waals surface area contributed by atoms with Gasteiger partial charge in [0.1, 0.15) is 11.8 Å². The average molecular weight is 551 g/mol. The van der Waals surface area contributed by atoms with E-state index in [-0.39, 0.29) is 29.8 Å². The number of methoxy groups -OCH3 is 1. The Bertz CT molecular complexity index is 1330. The first-order chi connectivity index (χ1) is 17.1. The maximum atomic E-state index is 12.8. The molecule has 0 saturated carbocycles. The van der Waals surface area contributed by atoms with Crippen LogP contribution in [-0.2, 0) is 14.8 Å². The van der Waals surface area contributed by atoms with Crippen LogP contribution in [0.2, 0.25) is 10.0 Å². The molecule has 0 saturated heterocycles. The Morgan fingerprint density at radius 1 is 0.944 bits per heavy atom. The van der Waals surface area contributed by atoms with E-state index >= 15 is 0 Å². The molecule has 3 aromatic carbocycles. The number of carbonyl (C=O) groups excluding carboxylic acids is 1. The van der Waals surface area contributed by atoms with Gasteiger partial charge in [0.25, 0.3) is 5.91 Å². The summed E-state index contributed by atoms with van der Waals surface area (Å²) < 4.78 is 32.9. The molecule has 3 rings (SSSR count). The number of ether oxygens (including phenoxy) is 1. The summed E-state index contributed by atoms with van der Waals surface area (Å²) in [7, 11) is -2.63. The third kappa shape index (κ3) is 7.44. The normalized spacial score (nSPS) is 12.1. The van der Waals surface area contributed by atoms with Gasteiger partial charge in [-0.1, -0.05) is 47.5 Å². The second kappa shape index (κ2) is 12.2. The predicted octanol–water partition coefficient (Wildman–Crippen LogP) is 4.61. The highest BCUT2D eigenvalue weighted by molar-refractivity contribution is 7.89. The van der Waals surface area contributed by atoms with E-state index in [2.05, 4.69) is 10.0 Å². The van der Waals surface area contributed by atoms with Gasteiger partial charge in [0.2, 0.25) is 10.0 Å². The Kier molecular flexibility index (Phi) is 9.33. The fourth-order valence-electron chi connectivity index (χ4n) is 3.38. The summed E-state index contributed by atoms with van der Waals surface area (Å²) in [4.78, 5) is 24.0. The van der Waals surface area contributed by atoms with Crippen molar-refractivity contribution in [2.45, 2.75) is 23.8 Å². The number of benzene rings is 3. The van der Waals surface area contributed by atoms with Crippen molar-refractivity contribution >= 4 is 45.1 Å². The Balaban J connectivity index is 1.58. The van der Waals surface area contributed by atoms with E-state index < -0.39 is 27.9 Å². The second-order valence-corrected chi connectivity index (χ2v) is 10.4. The fourth-order valence-corrected chi connectivity index (χ4v) is 4.95. The Morgan fingerprint density at radius 3 is 2.14 bits per heavy atom. The van der Waals surface area contributed by atoms with Crippen molar-refractivity contribution in [1.82, 2.24) is 10.0 Å². The first-order valence-electron chi connectivity index (χ1n) is 10.8. The number of carbonyl (C=O) groups is 2. The van der Waals surface area contributed by atoms with Gasteiger partial charge in [0.15, 0.2) is 0 Å². The predicted molar refractivity (Wildman–Crippen MR) is 138 cm³/mol. The number of sulfonamides is 1. The molecule has 11 heteroatoms. The van der Waals surface area contributed by atoms with Crippen LogP contribution in [0, 0.1) is 0 Å². The molecular formula is C25H24Cl2N2O6S. The van der Waals surface area contributed by atoms with Crippen molar-refractivity contribution in [2.24, 2.45) is 0 Å². The van der Waals surface area contributed by atoms with Crippen molar-refractivity contribution in [3.05, 3.63) is 82.3 Å². The van der Waals surface area contributed by atoms with Crippen LogP contribution in [0.25, 0.3) is 11.1 Å². The van der Waals surface area contributed by atoms with Crippen molar-refractivity contribution in [3.8, 4) is 16.9 Å². The van der Waals surface area contributed by atoms with Crippen LogP contribution in [0.15, 0.2) is 71.6 Å². The number of carboxylic acid groups (broad SMARTS) is 1. The Hall–Kier alpha value is -3.11. The molecule has 0 aliphatic carbocycles. The quantitative estimate of drug-likeness (QED) is 0.299. The van der Waals surface area contributed by atoms with Crippen LogP contribution in [0.1, 0.15) is 23.2 Å². The molecule has 0 aliphatic rings. The van der Waals surface area contributed by atoms with Crippen LogP contribution in [0.5, 0.6) is 5.75 Å². The molecular weight excluding hydrogens is 527 g/mol. The zero-order valence-corrected chi connectivity index (χ0v) is 21.5. The second-order valence-electron chi connectivity index (χ2n) is 7.82. The van der Waals surface area contributed by atoms with Crippen LogP contribution in [-0.4, -0.2) is 45.1 Å². The first-order valence-corrected chi connectivity index (χ1v) is 13.1. The molecule has 3 N–H and O–H groups in total. The highest BCUT2D eigenvalue weighted by Crippen LogP contribution is 2.23. The summed E-state index contributed by atoms with van der Waals surface area (Å²) in [6, 6.07) is 16.4. The van der Waals surface area contributed by atoms with Crippen molar-refractivity contribution in [1.29, 1.82) is 0 Å². The van der Waals surface area contributed by atoms with Gasteiger partial charge >= 0.3 is 5.97 Å². The molecule has 0 unspecified atom stereocenters. The van der Waals surface area contributed by atoms with Gasteiger partial charge in [0.05, 0.1) is 12.0 Å². The fraction of sp³-hybridized carbons (Fsp3) is 0.200. The van der Waals surface area contributed by atoms with Crippen molar-refractivity contribution in [2.75, 3.05) is 13.7 Å². The molecule has 3 aromatic rings. The summed E-state index contributed by atoms with van der Waals surface area (Å²) in [6.45, 7) is 0.134. The van der Waals surface area contributed by atoms with Gasteiger partial charge in [-0.15, -0.1) is 0 Å². The molecule has 0 radical (unpaired) electrons. The number of carboxylic acids is 1. The Morgan fingerprint density at radius 2 is 1.56 bits per heavy atom. The molecule has 0 bridgehead atoms. The lowest BCUT2D eigenvalue weighted by Gasteiger charge is -2.15. The summed E-state index contributed by atoms with van der Waals surface area (Å²) in [5.41, 5.74) is 1.93. The molecule has 0 aromatic heterocycles. The standard InChI is InChI=1S/C25H24Cl2N2O6S/c1-35-21-14-18(13-20(27)15-21)24(30)28-12-2-3-23(25(31)32)29-36(33,34)22-10-6-17(7-11-22)16-4-8-19(26)9-5-16/h4-11,13-15,23,29H,2-3,12H2,1H3,(H,28,30)(H,31,32)/t23-/m0/s1. The lowest BCUT2D eigenvalue weighted by Crippen LogP contribution is -2.41. The monoisotopic (exact) mass is 550 g/mol. The molecule has 1 atom stereocenters. The van der Waals surface area contributed by atoms with E-state index in [9.17, 15) is 23.1 Å². The maximum Gasteiger partial charge on any atom is 0.321 e. The van der Waals surface area contributed by atoms with Crippen molar-refractivity contribution < 1.29 is 27.9 Å². The van der Waals surface area contributed by atoms with Crippen molar-refractivity contribution in [3.63, 3.8) is 0 Å². The molecule has 8 nitrogen and oxygen atoms in total. The third-order valence-electron chi connectivity index (χ3n) is 5.26. The number of halogens is 2. The van der Waals surface area contributed by atoms with Crippen LogP contribution < -0.4 is 14.8 Å². The van der Waals surface area contributed by atoms with E-state index in [1.807, 2.05) is 12.1 Å². The Labute approximate surface area is 219 Å². The van der Waals surface area contributed by atoms with Crippen LogP contribution >= 0.6 is 23.2 Å². The summed E-state index contributed by atoms with van der Waals surface area (Å²) in [6.07, 6.45) is 0.189. The summed E-state index contributed by atoms with van der Waals surface area (Å²) in [5, 5.41) is 13.1. The number of aliphatic carboxylic acids is 1. The number of hydrogen-bond acceptors (Lipinski definition) is 5. The van der Waals surface area contributed by atoms with Crippen LogP contribution in [0.4, 0.5) is 0 Å². The smallest absolute Gasteiger partial charge is 0.321 e. The molecule has 0 heterocycles. The minimum Gasteiger partial charge on any atom is -0.497 e. The van der Waals surface area contributed by atoms with E-state index in [4.69, 9.17) is 27.9 Å². The van der Waals surface area contributed by atoms with Gasteiger partial charge in [0, 0.05) is 22.2 Å². The third-order valence-corrected chi connectivity index (χ3v) is 7.22. The molecule has 0 aliphatic heterocycles. The lowest BCUT2D eigenvalue weighted by molar-refractivity contribution is -0.139. The number of amides is 1. The highest BCUT2D eigenvalue weighted by Gasteiger charge is 2.25. The minimum absolute atomic E-state index is 0.0312. The molecule has 0 spiro atoms.